The van der Waals surface area contributed by atoms with Crippen LogP contribution in [0.25, 0.3) is 0 Å². The second kappa shape index (κ2) is 5.14. The maximum atomic E-state index is 11.4. The number of piperidine rings is 1. The van der Waals surface area contributed by atoms with Gasteiger partial charge in [-0.05, 0) is 25.0 Å². The maximum absolute atomic E-state index is 11.4. The lowest BCUT2D eigenvalue weighted by atomic mass is 10.1. The molecule has 1 unspecified atom stereocenters. The molecular formula is C11H16N2O3. The first-order chi connectivity index (χ1) is 7.79. The van der Waals surface area contributed by atoms with Gasteiger partial charge in [-0.25, -0.2) is 0 Å². The molecule has 0 spiro atoms. The molecule has 88 valence electrons. The number of amides is 1. The Morgan fingerprint density at radius 3 is 3.00 bits per heavy atom. The smallest absolute Gasteiger partial charge is 0.237 e. The van der Waals surface area contributed by atoms with Crippen molar-refractivity contribution in [3.8, 4) is 0 Å². The van der Waals surface area contributed by atoms with Crippen molar-refractivity contribution in [2.75, 3.05) is 6.54 Å². The summed E-state index contributed by atoms with van der Waals surface area (Å²) in [5.41, 5.74) is 0. The fourth-order valence-corrected chi connectivity index (χ4v) is 1.79. The Balaban J connectivity index is 1.84. The van der Waals surface area contributed by atoms with Crippen LogP contribution in [0.2, 0.25) is 0 Å². The van der Waals surface area contributed by atoms with Gasteiger partial charge in [0.1, 0.15) is 18.1 Å². The van der Waals surface area contributed by atoms with Gasteiger partial charge in [0.2, 0.25) is 5.91 Å². The summed E-state index contributed by atoms with van der Waals surface area (Å²) < 4.78 is 5.31. The first-order valence-corrected chi connectivity index (χ1v) is 5.49. The van der Waals surface area contributed by atoms with E-state index in [9.17, 15) is 4.79 Å². The summed E-state index contributed by atoms with van der Waals surface area (Å²) in [5.74, 6) is 1.34. The van der Waals surface area contributed by atoms with E-state index < -0.39 is 0 Å². The van der Waals surface area contributed by atoms with E-state index in [1.54, 1.807) is 12.1 Å². The van der Waals surface area contributed by atoms with E-state index in [1.165, 1.54) is 0 Å². The van der Waals surface area contributed by atoms with Gasteiger partial charge < -0.3 is 14.8 Å². The third-order valence-electron chi connectivity index (χ3n) is 2.68. The van der Waals surface area contributed by atoms with Crippen LogP contribution in [0, 0.1) is 0 Å². The first kappa shape index (κ1) is 11.2. The molecule has 1 saturated heterocycles. The Labute approximate surface area is 93.8 Å². The summed E-state index contributed by atoms with van der Waals surface area (Å²) in [7, 11) is 0. The molecule has 0 saturated carbocycles. The van der Waals surface area contributed by atoms with Gasteiger partial charge in [0.15, 0.2) is 0 Å². The summed E-state index contributed by atoms with van der Waals surface area (Å²) >= 11 is 0. The highest BCUT2D eigenvalue weighted by molar-refractivity contribution is 5.82. The molecule has 0 bridgehead atoms. The van der Waals surface area contributed by atoms with Gasteiger partial charge in [0.25, 0.3) is 0 Å². The second-order valence-electron chi connectivity index (χ2n) is 3.89. The average Bonchev–Trinajstić information content (AvgIpc) is 2.76. The fraction of sp³-hybridized carbons (Fsp3) is 0.545. The van der Waals surface area contributed by atoms with Crippen LogP contribution < -0.4 is 10.6 Å². The molecule has 1 atom stereocenters. The zero-order chi connectivity index (χ0) is 11.4. The van der Waals surface area contributed by atoms with Gasteiger partial charge in [0.05, 0.1) is 12.6 Å². The number of rotatable bonds is 4. The zero-order valence-corrected chi connectivity index (χ0v) is 9.03. The van der Waals surface area contributed by atoms with Gasteiger partial charge in [-0.2, -0.15) is 0 Å². The molecule has 5 nitrogen and oxygen atoms in total. The Morgan fingerprint density at radius 2 is 2.31 bits per heavy atom. The Kier molecular flexibility index (Phi) is 3.58. The Hall–Kier alpha value is -1.33. The molecule has 1 fully saturated rings. The second-order valence-corrected chi connectivity index (χ2v) is 3.89. The molecule has 2 heterocycles. The minimum atomic E-state index is -0.128. The number of aliphatic hydroxyl groups excluding tert-OH is 1. The number of hydrogen-bond donors (Lipinski definition) is 3. The number of aliphatic hydroxyl groups is 1. The summed E-state index contributed by atoms with van der Waals surface area (Å²) in [4.78, 5) is 11.4. The van der Waals surface area contributed by atoms with E-state index in [0.29, 0.717) is 12.3 Å². The number of nitrogens with one attached hydrogen (secondary N) is 2. The first-order valence-electron chi connectivity index (χ1n) is 5.49. The number of carbonyl (C=O) groups excluding carboxylic acids is 1. The van der Waals surface area contributed by atoms with E-state index in [-0.39, 0.29) is 18.6 Å². The molecule has 0 aromatic carbocycles. The van der Waals surface area contributed by atoms with Crippen molar-refractivity contribution in [3.05, 3.63) is 23.7 Å². The zero-order valence-electron chi connectivity index (χ0n) is 9.03. The lowest BCUT2D eigenvalue weighted by Crippen LogP contribution is -2.47. The maximum Gasteiger partial charge on any atom is 0.237 e. The average molecular weight is 224 g/mol. The predicted molar refractivity (Wildman–Crippen MR) is 57.5 cm³/mol. The van der Waals surface area contributed by atoms with Crippen LogP contribution in [0.3, 0.4) is 0 Å². The number of carbonyl (C=O) groups is 1. The van der Waals surface area contributed by atoms with E-state index >= 15 is 0 Å². The normalized spacial score (nSPS) is 20.8. The van der Waals surface area contributed by atoms with Crippen LogP contribution in [0.15, 0.2) is 16.5 Å². The third-order valence-corrected chi connectivity index (χ3v) is 2.68. The summed E-state index contributed by atoms with van der Waals surface area (Å²) in [6.07, 6.45) is 1.86. The molecule has 1 aliphatic heterocycles. The fourth-order valence-electron chi connectivity index (χ4n) is 1.79. The molecule has 2 rings (SSSR count). The number of furan rings is 1. The number of hydrogen-bond acceptors (Lipinski definition) is 4. The molecule has 3 N–H and O–H groups in total. The molecular weight excluding hydrogens is 208 g/mol. The van der Waals surface area contributed by atoms with Crippen LogP contribution >= 0.6 is 0 Å². The topological polar surface area (TPSA) is 74.5 Å². The van der Waals surface area contributed by atoms with Crippen LogP contribution in [0.1, 0.15) is 24.4 Å². The third kappa shape index (κ3) is 2.62. The van der Waals surface area contributed by atoms with Crippen molar-refractivity contribution in [3.63, 3.8) is 0 Å². The lowest BCUT2D eigenvalue weighted by Gasteiger charge is -2.22. The van der Waals surface area contributed by atoms with Crippen molar-refractivity contribution in [1.82, 2.24) is 10.6 Å². The molecule has 1 aliphatic rings. The van der Waals surface area contributed by atoms with Crippen molar-refractivity contribution in [2.24, 2.45) is 0 Å². The van der Waals surface area contributed by atoms with Crippen molar-refractivity contribution >= 4 is 5.91 Å². The Morgan fingerprint density at radius 1 is 1.50 bits per heavy atom. The van der Waals surface area contributed by atoms with Gasteiger partial charge in [-0.1, -0.05) is 0 Å². The SMILES string of the molecule is O=C1NCCCC1NCc1ccc(CO)o1. The van der Waals surface area contributed by atoms with Crippen molar-refractivity contribution < 1.29 is 14.3 Å². The van der Waals surface area contributed by atoms with Gasteiger partial charge in [0, 0.05) is 6.54 Å². The predicted octanol–water partition coefficient (Wildman–Crippen LogP) is 0.140. The van der Waals surface area contributed by atoms with E-state index in [1.807, 2.05) is 0 Å². The van der Waals surface area contributed by atoms with Crippen LogP contribution in [0.4, 0.5) is 0 Å². The van der Waals surface area contributed by atoms with Gasteiger partial charge in [-0.3, -0.25) is 10.1 Å². The minimum Gasteiger partial charge on any atom is -0.462 e. The summed E-state index contributed by atoms with van der Waals surface area (Å²) in [6, 6.07) is 3.41. The minimum absolute atomic E-state index is 0.0557. The quantitative estimate of drug-likeness (QED) is 0.680. The summed E-state index contributed by atoms with van der Waals surface area (Å²) in [5, 5.41) is 14.8. The van der Waals surface area contributed by atoms with Crippen LogP contribution in [0.5, 0.6) is 0 Å². The standard InChI is InChI=1S/C11H16N2O3/c14-7-9-4-3-8(16-9)6-13-10-2-1-5-12-11(10)15/h3-4,10,13-14H,1-2,5-7H2,(H,12,15). The van der Waals surface area contributed by atoms with E-state index in [0.717, 1.165) is 25.1 Å². The highest BCUT2D eigenvalue weighted by Gasteiger charge is 2.21. The van der Waals surface area contributed by atoms with Gasteiger partial charge >= 0.3 is 0 Å². The molecule has 1 aromatic heterocycles. The van der Waals surface area contributed by atoms with Crippen molar-refractivity contribution in [2.45, 2.75) is 32.0 Å². The Bertz CT molecular complexity index is 362. The highest BCUT2D eigenvalue weighted by Crippen LogP contribution is 2.09. The van der Waals surface area contributed by atoms with Crippen LogP contribution in [-0.4, -0.2) is 23.6 Å². The van der Waals surface area contributed by atoms with Crippen LogP contribution in [-0.2, 0) is 17.9 Å². The molecule has 1 amide bonds. The largest absolute Gasteiger partial charge is 0.462 e. The molecule has 16 heavy (non-hydrogen) atoms. The van der Waals surface area contributed by atoms with E-state index in [2.05, 4.69) is 10.6 Å². The van der Waals surface area contributed by atoms with E-state index in [4.69, 9.17) is 9.52 Å². The monoisotopic (exact) mass is 224 g/mol. The molecule has 5 heteroatoms. The molecule has 0 radical (unpaired) electrons. The highest BCUT2D eigenvalue weighted by atomic mass is 16.4. The molecule has 0 aliphatic carbocycles. The van der Waals surface area contributed by atoms with Crippen molar-refractivity contribution in [1.29, 1.82) is 0 Å². The molecule has 1 aromatic rings. The van der Waals surface area contributed by atoms with Gasteiger partial charge in [-0.15, -0.1) is 0 Å². The lowest BCUT2D eigenvalue weighted by molar-refractivity contribution is -0.124. The summed E-state index contributed by atoms with van der Waals surface area (Å²) in [6.45, 7) is 1.19.